The van der Waals surface area contributed by atoms with Crippen molar-refractivity contribution in [3.8, 4) is 0 Å². The average Bonchev–Trinajstić information content (AvgIpc) is 2.78. The monoisotopic (exact) mass is 426 g/mol. The van der Waals surface area contributed by atoms with Crippen LogP contribution in [0, 0.1) is 5.82 Å². The van der Waals surface area contributed by atoms with Crippen molar-refractivity contribution < 1.29 is 9.18 Å². The number of hydrogen-bond acceptors (Lipinski definition) is 6. The Hall–Kier alpha value is -3.26. The molecule has 0 aliphatic carbocycles. The molecule has 1 aromatic carbocycles. The molecule has 9 heteroatoms. The number of rotatable bonds is 5. The minimum Gasteiger partial charge on any atom is -0.352 e. The number of carbonyl (C=O) groups is 1. The van der Waals surface area contributed by atoms with Gasteiger partial charge < -0.3 is 15.1 Å². The van der Waals surface area contributed by atoms with Crippen molar-refractivity contribution in [2.75, 3.05) is 36.4 Å². The molecule has 1 amide bonds. The molecule has 0 atom stereocenters. The number of hydrogen-bond donors (Lipinski definition) is 1. The Morgan fingerprint density at radius 1 is 1.00 bits per heavy atom. The molecule has 30 heavy (non-hydrogen) atoms. The summed E-state index contributed by atoms with van der Waals surface area (Å²) in [5.74, 6) is 1.45. The summed E-state index contributed by atoms with van der Waals surface area (Å²) in [6.07, 6.45) is 1.66. The van der Waals surface area contributed by atoms with Gasteiger partial charge in [-0.3, -0.25) is 4.79 Å². The van der Waals surface area contributed by atoms with Gasteiger partial charge in [0.1, 0.15) is 11.6 Å². The lowest BCUT2D eigenvalue weighted by Gasteiger charge is -2.35. The highest BCUT2D eigenvalue weighted by molar-refractivity contribution is 6.31. The zero-order valence-corrected chi connectivity index (χ0v) is 16.9. The van der Waals surface area contributed by atoms with Crippen LogP contribution in [-0.4, -0.2) is 52.2 Å². The highest BCUT2D eigenvalue weighted by atomic mass is 35.5. The molecule has 2 aromatic heterocycles. The maximum atomic E-state index is 13.9. The second-order valence-corrected chi connectivity index (χ2v) is 7.27. The molecule has 1 N–H and O–H groups in total. The first kappa shape index (κ1) is 20.0. The highest BCUT2D eigenvalue weighted by Gasteiger charge is 2.23. The normalized spacial score (nSPS) is 13.9. The molecular formula is C21H20ClFN6O. The van der Waals surface area contributed by atoms with Crippen molar-refractivity contribution in [2.45, 2.75) is 6.42 Å². The fourth-order valence-electron chi connectivity index (χ4n) is 3.28. The standard InChI is InChI=1S/C21H20ClFN6O/c22-16-4-3-5-17(23)15(16)14-21(30)29-12-10-28(11-13-29)20-8-7-19(26-27-20)25-18-6-1-2-9-24-18/h1-9H,10-14H2,(H,24,25,26). The van der Waals surface area contributed by atoms with E-state index in [9.17, 15) is 9.18 Å². The smallest absolute Gasteiger partial charge is 0.227 e. The largest absolute Gasteiger partial charge is 0.352 e. The van der Waals surface area contributed by atoms with E-state index in [1.807, 2.05) is 30.3 Å². The zero-order valence-electron chi connectivity index (χ0n) is 16.1. The summed E-state index contributed by atoms with van der Waals surface area (Å²) in [4.78, 5) is 20.6. The Bertz CT molecular complexity index is 990. The zero-order chi connectivity index (χ0) is 20.9. The third-order valence-electron chi connectivity index (χ3n) is 4.92. The molecule has 3 heterocycles. The van der Waals surface area contributed by atoms with E-state index >= 15 is 0 Å². The number of aromatic nitrogens is 3. The summed E-state index contributed by atoms with van der Waals surface area (Å²) in [7, 11) is 0. The Balaban J connectivity index is 1.32. The summed E-state index contributed by atoms with van der Waals surface area (Å²) in [6.45, 7) is 2.30. The number of nitrogens with one attached hydrogen (secondary N) is 1. The minimum absolute atomic E-state index is 0.0425. The number of halogens is 2. The first-order valence-corrected chi connectivity index (χ1v) is 9.95. The molecule has 3 aromatic rings. The number of amides is 1. The van der Waals surface area contributed by atoms with Gasteiger partial charge in [0.2, 0.25) is 5.91 Å². The van der Waals surface area contributed by atoms with Gasteiger partial charge in [-0.15, -0.1) is 10.2 Å². The van der Waals surface area contributed by atoms with E-state index in [1.165, 1.54) is 12.1 Å². The lowest BCUT2D eigenvalue weighted by Crippen LogP contribution is -2.49. The predicted molar refractivity (Wildman–Crippen MR) is 113 cm³/mol. The Labute approximate surface area is 178 Å². The summed E-state index contributed by atoms with van der Waals surface area (Å²) in [5, 5.41) is 11.8. The number of pyridine rings is 1. The molecule has 7 nitrogen and oxygen atoms in total. The molecule has 0 radical (unpaired) electrons. The van der Waals surface area contributed by atoms with Gasteiger partial charge in [-0.1, -0.05) is 23.7 Å². The molecule has 0 bridgehead atoms. The Morgan fingerprint density at radius 2 is 1.83 bits per heavy atom. The predicted octanol–water partition coefficient (Wildman–Crippen LogP) is 3.30. The van der Waals surface area contributed by atoms with Gasteiger partial charge in [0.15, 0.2) is 11.6 Å². The minimum atomic E-state index is -0.454. The van der Waals surface area contributed by atoms with Crippen LogP contribution < -0.4 is 10.2 Å². The van der Waals surface area contributed by atoms with E-state index in [1.54, 1.807) is 17.2 Å². The lowest BCUT2D eigenvalue weighted by molar-refractivity contribution is -0.130. The quantitative estimate of drug-likeness (QED) is 0.674. The molecule has 1 aliphatic rings. The molecular weight excluding hydrogens is 407 g/mol. The molecule has 0 saturated carbocycles. The van der Waals surface area contributed by atoms with Crippen molar-refractivity contribution >= 4 is 35.0 Å². The van der Waals surface area contributed by atoms with Crippen LogP contribution in [0.3, 0.4) is 0 Å². The Kier molecular flexibility index (Phi) is 6.04. The van der Waals surface area contributed by atoms with Crippen LogP contribution in [0.1, 0.15) is 5.56 Å². The van der Waals surface area contributed by atoms with E-state index in [0.29, 0.717) is 37.8 Å². The average molecular weight is 427 g/mol. The SMILES string of the molecule is O=C(Cc1c(F)cccc1Cl)N1CCN(c2ccc(Nc3ccccn3)nn2)CC1. The maximum Gasteiger partial charge on any atom is 0.227 e. The second kappa shape index (κ2) is 9.04. The van der Waals surface area contributed by atoms with E-state index < -0.39 is 5.82 Å². The number of anilines is 3. The van der Waals surface area contributed by atoms with Crippen LogP contribution in [0.4, 0.5) is 21.8 Å². The third kappa shape index (κ3) is 4.65. The van der Waals surface area contributed by atoms with Crippen molar-refractivity contribution in [2.24, 2.45) is 0 Å². The van der Waals surface area contributed by atoms with Crippen LogP contribution in [-0.2, 0) is 11.2 Å². The van der Waals surface area contributed by atoms with Gasteiger partial charge in [-0.2, -0.15) is 0 Å². The number of benzene rings is 1. The van der Waals surface area contributed by atoms with Crippen LogP contribution in [0.25, 0.3) is 0 Å². The summed E-state index contributed by atoms with van der Waals surface area (Å²) in [6, 6.07) is 13.7. The molecule has 0 unspecified atom stereocenters. The van der Waals surface area contributed by atoms with Gasteiger partial charge in [-0.25, -0.2) is 9.37 Å². The van der Waals surface area contributed by atoms with E-state index in [-0.39, 0.29) is 22.9 Å². The molecule has 1 fully saturated rings. The molecule has 4 rings (SSSR count). The highest BCUT2D eigenvalue weighted by Crippen LogP contribution is 2.21. The van der Waals surface area contributed by atoms with E-state index in [4.69, 9.17) is 11.6 Å². The first-order chi connectivity index (χ1) is 14.6. The van der Waals surface area contributed by atoms with Gasteiger partial charge in [0.05, 0.1) is 6.42 Å². The second-order valence-electron chi connectivity index (χ2n) is 6.86. The molecule has 1 aliphatic heterocycles. The maximum absolute atomic E-state index is 13.9. The van der Waals surface area contributed by atoms with Gasteiger partial charge >= 0.3 is 0 Å². The molecule has 1 saturated heterocycles. The van der Waals surface area contributed by atoms with Crippen LogP contribution in [0.15, 0.2) is 54.7 Å². The number of carbonyl (C=O) groups excluding carboxylic acids is 1. The summed E-state index contributed by atoms with van der Waals surface area (Å²) < 4.78 is 13.9. The third-order valence-corrected chi connectivity index (χ3v) is 5.27. The topological polar surface area (TPSA) is 74.2 Å². The van der Waals surface area contributed by atoms with Gasteiger partial charge in [0.25, 0.3) is 0 Å². The first-order valence-electron chi connectivity index (χ1n) is 9.57. The van der Waals surface area contributed by atoms with E-state index in [0.717, 1.165) is 5.82 Å². The van der Waals surface area contributed by atoms with Crippen LogP contribution >= 0.6 is 11.6 Å². The lowest BCUT2D eigenvalue weighted by atomic mass is 10.1. The number of piperazine rings is 1. The van der Waals surface area contributed by atoms with E-state index in [2.05, 4.69) is 25.4 Å². The van der Waals surface area contributed by atoms with Crippen molar-refractivity contribution in [1.82, 2.24) is 20.1 Å². The fourth-order valence-corrected chi connectivity index (χ4v) is 3.51. The van der Waals surface area contributed by atoms with Crippen molar-refractivity contribution in [3.63, 3.8) is 0 Å². The van der Waals surface area contributed by atoms with Crippen LogP contribution in [0.5, 0.6) is 0 Å². The van der Waals surface area contributed by atoms with Crippen molar-refractivity contribution in [1.29, 1.82) is 0 Å². The van der Waals surface area contributed by atoms with Gasteiger partial charge in [-0.05, 0) is 36.4 Å². The molecule has 0 spiro atoms. The Morgan fingerprint density at radius 3 is 2.50 bits per heavy atom. The summed E-state index contributed by atoms with van der Waals surface area (Å²) >= 11 is 6.04. The molecule has 154 valence electrons. The van der Waals surface area contributed by atoms with Crippen molar-refractivity contribution in [3.05, 3.63) is 71.1 Å². The summed E-state index contributed by atoms with van der Waals surface area (Å²) in [5.41, 5.74) is 0.244. The van der Waals surface area contributed by atoms with Gasteiger partial charge in [0, 0.05) is 43.0 Å². The van der Waals surface area contributed by atoms with Crippen LogP contribution in [0.2, 0.25) is 5.02 Å². The fraction of sp³-hybridized carbons (Fsp3) is 0.238. The number of nitrogens with zero attached hydrogens (tertiary/aromatic N) is 5.